The molecule has 1 aliphatic heterocycles. The summed E-state index contributed by atoms with van der Waals surface area (Å²) in [7, 11) is 0. The molecular formula is C22H22N6. The molecule has 0 radical (unpaired) electrons. The predicted octanol–water partition coefficient (Wildman–Crippen LogP) is 3.14. The van der Waals surface area contributed by atoms with Crippen molar-refractivity contribution in [2.24, 2.45) is 0 Å². The molecule has 140 valence electrons. The van der Waals surface area contributed by atoms with E-state index in [0.29, 0.717) is 0 Å². The maximum absolute atomic E-state index is 4.56. The van der Waals surface area contributed by atoms with Crippen LogP contribution >= 0.6 is 0 Å². The summed E-state index contributed by atoms with van der Waals surface area (Å²) in [5, 5.41) is 5.64. The Morgan fingerprint density at radius 2 is 1.61 bits per heavy atom. The number of benzene rings is 2. The number of anilines is 1. The van der Waals surface area contributed by atoms with Crippen molar-refractivity contribution in [2.45, 2.75) is 6.54 Å². The van der Waals surface area contributed by atoms with Crippen molar-refractivity contribution in [2.75, 3.05) is 31.1 Å². The quantitative estimate of drug-likeness (QED) is 0.552. The van der Waals surface area contributed by atoms with Gasteiger partial charge in [0.15, 0.2) is 0 Å². The molecule has 1 aliphatic rings. The monoisotopic (exact) mass is 370 g/mol. The molecule has 6 nitrogen and oxygen atoms in total. The molecule has 0 unspecified atom stereocenters. The SMILES string of the molecule is c1ccc(-n2cc(CN3CCN(c4ncnc5ccccc45)CC3)cn2)cc1. The van der Waals surface area contributed by atoms with Gasteiger partial charge in [-0.25, -0.2) is 14.6 Å². The van der Waals surface area contributed by atoms with E-state index in [0.717, 1.165) is 55.1 Å². The third-order valence-corrected chi connectivity index (χ3v) is 5.26. The van der Waals surface area contributed by atoms with Crippen LogP contribution in [0.3, 0.4) is 0 Å². The number of para-hydroxylation sites is 2. The van der Waals surface area contributed by atoms with Gasteiger partial charge in [0.05, 0.1) is 17.4 Å². The second kappa shape index (κ2) is 7.40. The van der Waals surface area contributed by atoms with Gasteiger partial charge in [0.2, 0.25) is 0 Å². The lowest BCUT2D eigenvalue weighted by Crippen LogP contribution is -2.46. The second-order valence-corrected chi connectivity index (χ2v) is 7.11. The van der Waals surface area contributed by atoms with E-state index in [4.69, 9.17) is 0 Å². The highest BCUT2D eigenvalue weighted by Gasteiger charge is 2.20. The Labute approximate surface area is 164 Å². The summed E-state index contributed by atoms with van der Waals surface area (Å²) in [6.45, 7) is 4.87. The molecule has 0 N–H and O–H groups in total. The zero-order valence-electron chi connectivity index (χ0n) is 15.6. The Hall–Kier alpha value is -3.25. The van der Waals surface area contributed by atoms with Crippen LogP contribution in [0.4, 0.5) is 5.82 Å². The predicted molar refractivity (Wildman–Crippen MR) is 111 cm³/mol. The van der Waals surface area contributed by atoms with Crippen LogP contribution in [0.2, 0.25) is 0 Å². The first-order valence-electron chi connectivity index (χ1n) is 9.63. The van der Waals surface area contributed by atoms with Gasteiger partial charge in [-0.2, -0.15) is 5.10 Å². The van der Waals surface area contributed by atoms with Crippen molar-refractivity contribution < 1.29 is 0 Å². The summed E-state index contributed by atoms with van der Waals surface area (Å²) in [6.07, 6.45) is 5.76. The molecule has 3 heterocycles. The average molecular weight is 370 g/mol. The second-order valence-electron chi connectivity index (χ2n) is 7.11. The zero-order chi connectivity index (χ0) is 18.8. The highest BCUT2D eigenvalue weighted by Crippen LogP contribution is 2.23. The standard InChI is InChI=1S/C22H22N6/c1-2-6-19(7-3-1)28-16-18(14-25-28)15-26-10-12-27(13-11-26)22-20-8-4-5-9-21(20)23-17-24-22/h1-9,14,16-17H,10-13,15H2. The highest BCUT2D eigenvalue weighted by atomic mass is 15.3. The van der Waals surface area contributed by atoms with E-state index in [2.05, 4.69) is 55.3 Å². The van der Waals surface area contributed by atoms with Crippen molar-refractivity contribution in [3.05, 3.63) is 78.9 Å². The molecular weight excluding hydrogens is 348 g/mol. The fourth-order valence-electron chi connectivity index (χ4n) is 3.78. The topological polar surface area (TPSA) is 50.1 Å². The molecule has 0 amide bonds. The number of piperazine rings is 1. The minimum Gasteiger partial charge on any atom is -0.353 e. The number of hydrogen-bond acceptors (Lipinski definition) is 5. The lowest BCUT2D eigenvalue weighted by molar-refractivity contribution is 0.249. The van der Waals surface area contributed by atoms with Crippen LogP contribution in [0.5, 0.6) is 0 Å². The van der Waals surface area contributed by atoms with E-state index in [1.165, 1.54) is 5.56 Å². The molecule has 4 aromatic rings. The van der Waals surface area contributed by atoms with Crippen molar-refractivity contribution >= 4 is 16.7 Å². The van der Waals surface area contributed by atoms with Crippen LogP contribution in [0.15, 0.2) is 73.3 Å². The van der Waals surface area contributed by atoms with Crippen molar-refractivity contribution in [3.8, 4) is 5.69 Å². The van der Waals surface area contributed by atoms with Crippen LogP contribution in [-0.2, 0) is 6.54 Å². The number of fused-ring (bicyclic) bond motifs is 1. The molecule has 28 heavy (non-hydrogen) atoms. The van der Waals surface area contributed by atoms with E-state index >= 15 is 0 Å². The number of rotatable bonds is 4. The van der Waals surface area contributed by atoms with Gasteiger partial charge in [-0.1, -0.05) is 30.3 Å². The molecule has 1 fully saturated rings. The van der Waals surface area contributed by atoms with Crippen LogP contribution in [0.25, 0.3) is 16.6 Å². The lowest BCUT2D eigenvalue weighted by atomic mass is 10.2. The third kappa shape index (κ3) is 3.34. The van der Waals surface area contributed by atoms with E-state index in [1.54, 1.807) is 6.33 Å². The van der Waals surface area contributed by atoms with Gasteiger partial charge in [0.25, 0.3) is 0 Å². The van der Waals surface area contributed by atoms with E-state index in [-0.39, 0.29) is 0 Å². The lowest BCUT2D eigenvalue weighted by Gasteiger charge is -2.35. The summed E-state index contributed by atoms with van der Waals surface area (Å²) in [6, 6.07) is 18.5. The molecule has 0 saturated carbocycles. The van der Waals surface area contributed by atoms with Gasteiger partial charge < -0.3 is 4.90 Å². The van der Waals surface area contributed by atoms with E-state index in [1.807, 2.05) is 41.2 Å². The smallest absolute Gasteiger partial charge is 0.139 e. The summed E-state index contributed by atoms with van der Waals surface area (Å²) in [4.78, 5) is 13.8. The third-order valence-electron chi connectivity index (χ3n) is 5.26. The first-order chi connectivity index (χ1) is 13.9. The molecule has 0 bridgehead atoms. The minimum atomic E-state index is 0.922. The molecule has 6 heteroatoms. The van der Waals surface area contributed by atoms with E-state index < -0.39 is 0 Å². The summed E-state index contributed by atoms with van der Waals surface area (Å²) in [5.74, 6) is 1.04. The zero-order valence-corrected chi connectivity index (χ0v) is 15.6. The maximum atomic E-state index is 4.56. The number of hydrogen-bond donors (Lipinski definition) is 0. The molecule has 0 atom stereocenters. The highest BCUT2D eigenvalue weighted by molar-refractivity contribution is 5.89. The van der Waals surface area contributed by atoms with Crippen LogP contribution in [0.1, 0.15) is 5.56 Å². The van der Waals surface area contributed by atoms with Crippen molar-refractivity contribution in [1.29, 1.82) is 0 Å². The Morgan fingerprint density at radius 1 is 0.821 bits per heavy atom. The Bertz CT molecular complexity index is 1060. The molecule has 0 spiro atoms. The van der Waals surface area contributed by atoms with Gasteiger partial charge in [-0.15, -0.1) is 0 Å². The number of aromatic nitrogens is 4. The van der Waals surface area contributed by atoms with Gasteiger partial charge in [-0.3, -0.25) is 4.90 Å². The molecule has 2 aromatic heterocycles. The molecule has 1 saturated heterocycles. The Morgan fingerprint density at radius 3 is 2.46 bits per heavy atom. The Kier molecular flexibility index (Phi) is 4.47. The van der Waals surface area contributed by atoms with Crippen LogP contribution in [0, 0.1) is 0 Å². The number of nitrogens with zero attached hydrogens (tertiary/aromatic N) is 6. The fourth-order valence-corrected chi connectivity index (χ4v) is 3.78. The maximum Gasteiger partial charge on any atom is 0.139 e. The van der Waals surface area contributed by atoms with Crippen molar-refractivity contribution in [1.82, 2.24) is 24.6 Å². The Balaban J connectivity index is 1.25. The van der Waals surface area contributed by atoms with Gasteiger partial charge >= 0.3 is 0 Å². The normalized spacial score (nSPS) is 15.2. The minimum absolute atomic E-state index is 0.922. The van der Waals surface area contributed by atoms with Crippen LogP contribution < -0.4 is 4.90 Å². The van der Waals surface area contributed by atoms with E-state index in [9.17, 15) is 0 Å². The van der Waals surface area contributed by atoms with Gasteiger partial charge in [0.1, 0.15) is 12.1 Å². The first kappa shape index (κ1) is 16.9. The molecule has 2 aromatic carbocycles. The fraction of sp³-hybridized carbons (Fsp3) is 0.227. The summed E-state index contributed by atoms with van der Waals surface area (Å²) >= 11 is 0. The molecule has 5 rings (SSSR count). The summed E-state index contributed by atoms with van der Waals surface area (Å²) < 4.78 is 1.94. The van der Waals surface area contributed by atoms with Crippen molar-refractivity contribution in [3.63, 3.8) is 0 Å². The largest absolute Gasteiger partial charge is 0.353 e. The first-order valence-corrected chi connectivity index (χ1v) is 9.63. The van der Waals surface area contributed by atoms with Gasteiger partial charge in [0, 0.05) is 49.9 Å². The molecule has 0 aliphatic carbocycles. The summed E-state index contributed by atoms with van der Waals surface area (Å²) in [5.41, 5.74) is 3.34. The van der Waals surface area contributed by atoms with Crippen LogP contribution in [-0.4, -0.2) is 50.8 Å². The average Bonchev–Trinajstić information content (AvgIpc) is 3.23. The van der Waals surface area contributed by atoms with Gasteiger partial charge in [-0.05, 0) is 24.3 Å².